The van der Waals surface area contributed by atoms with E-state index in [1.807, 2.05) is 48.5 Å². The first-order chi connectivity index (χ1) is 16.9. The molecule has 4 rings (SSSR count). The molecule has 0 spiro atoms. The largest absolute Gasteiger partial charge is 0.455 e. The molecule has 0 saturated carbocycles. The number of nitrogens with one attached hydrogen (secondary N) is 1. The molecular formula is C24H24N2O6S3. The van der Waals surface area contributed by atoms with Crippen LogP contribution in [0, 0.1) is 0 Å². The van der Waals surface area contributed by atoms with Crippen LogP contribution in [0.5, 0.6) is 0 Å². The Balaban J connectivity index is 1.29. The number of amides is 1. The standard InChI is InChI=1S/C24H24N2O6S3/c27-22(25-20-8-4-5-9-21(20)33-18-6-2-1-3-7-18)17-32-23(28)16-19-10-11-24(34-19)35(29,30)26-12-14-31-15-13-26/h1-11H,12-17H2,(H,25,27). The van der Waals surface area contributed by atoms with Gasteiger partial charge in [0.05, 0.1) is 25.3 Å². The van der Waals surface area contributed by atoms with Gasteiger partial charge in [-0.15, -0.1) is 11.3 Å². The Morgan fingerprint density at radius 1 is 1.00 bits per heavy atom. The molecule has 184 valence electrons. The molecule has 1 fully saturated rings. The summed E-state index contributed by atoms with van der Waals surface area (Å²) in [6, 6.07) is 20.3. The molecule has 0 atom stereocenters. The summed E-state index contributed by atoms with van der Waals surface area (Å²) in [5.74, 6) is -1.06. The van der Waals surface area contributed by atoms with Gasteiger partial charge in [-0.2, -0.15) is 4.31 Å². The number of rotatable bonds is 9. The summed E-state index contributed by atoms with van der Waals surface area (Å²) < 4.78 is 37.3. The van der Waals surface area contributed by atoms with Crippen molar-refractivity contribution in [2.24, 2.45) is 0 Å². The van der Waals surface area contributed by atoms with Gasteiger partial charge in [0.25, 0.3) is 15.9 Å². The molecule has 1 amide bonds. The summed E-state index contributed by atoms with van der Waals surface area (Å²) in [5.41, 5.74) is 0.624. The Hall–Kier alpha value is -2.70. The van der Waals surface area contributed by atoms with Gasteiger partial charge in [0.15, 0.2) is 6.61 Å². The molecule has 35 heavy (non-hydrogen) atoms. The molecule has 0 radical (unpaired) electrons. The van der Waals surface area contributed by atoms with E-state index in [4.69, 9.17) is 9.47 Å². The number of carbonyl (C=O) groups is 2. The molecule has 0 unspecified atom stereocenters. The second-order valence-electron chi connectivity index (χ2n) is 7.53. The van der Waals surface area contributed by atoms with Crippen LogP contribution in [0.2, 0.25) is 0 Å². The molecule has 1 aromatic heterocycles. The number of esters is 1. The number of benzene rings is 2. The number of thiophene rings is 1. The van der Waals surface area contributed by atoms with Gasteiger partial charge in [-0.1, -0.05) is 42.1 Å². The zero-order chi connectivity index (χ0) is 24.7. The molecule has 1 saturated heterocycles. The van der Waals surface area contributed by atoms with E-state index in [9.17, 15) is 18.0 Å². The molecule has 1 N–H and O–H groups in total. The predicted molar refractivity (Wildman–Crippen MR) is 134 cm³/mol. The Morgan fingerprint density at radius 3 is 2.49 bits per heavy atom. The Bertz CT molecular complexity index is 1270. The number of hydrogen-bond acceptors (Lipinski definition) is 8. The van der Waals surface area contributed by atoms with Crippen LogP contribution < -0.4 is 5.32 Å². The second-order valence-corrected chi connectivity index (χ2v) is 12.0. The van der Waals surface area contributed by atoms with Crippen molar-refractivity contribution in [2.45, 2.75) is 20.4 Å². The minimum Gasteiger partial charge on any atom is -0.455 e. The summed E-state index contributed by atoms with van der Waals surface area (Å²) in [5, 5.41) is 2.78. The lowest BCUT2D eigenvalue weighted by atomic mass is 10.3. The zero-order valence-electron chi connectivity index (χ0n) is 18.7. The van der Waals surface area contributed by atoms with E-state index in [-0.39, 0.29) is 10.6 Å². The molecule has 3 aromatic rings. The molecule has 11 heteroatoms. The first kappa shape index (κ1) is 25.4. The fourth-order valence-corrected chi connectivity index (χ4v) is 7.13. The van der Waals surface area contributed by atoms with Gasteiger partial charge in [-0.3, -0.25) is 9.59 Å². The molecule has 2 aromatic carbocycles. The van der Waals surface area contributed by atoms with Gasteiger partial charge in [0, 0.05) is 27.8 Å². The molecule has 2 heterocycles. The second kappa shape index (κ2) is 11.8. The smallest absolute Gasteiger partial charge is 0.311 e. The number of ether oxygens (including phenoxy) is 2. The Kier molecular flexibility index (Phi) is 8.58. The minimum absolute atomic E-state index is 0.114. The van der Waals surface area contributed by atoms with E-state index >= 15 is 0 Å². The van der Waals surface area contributed by atoms with Gasteiger partial charge >= 0.3 is 5.97 Å². The first-order valence-corrected chi connectivity index (χ1v) is 13.9. The highest BCUT2D eigenvalue weighted by molar-refractivity contribution is 7.99. The maximum atomic E-state index is 12.7. The zero-order valence-corrected chi connectivity index (χ0v) is 21.2. The normalized spacial score (nSPS) is 14.4. The highest BCUT2D eigenvalue weighted by Crippen LogP contribution is 2.33. The number of hydrogen-bond donors (Lipinski definition) is 1. The van der Waals surface area contributed by atoms with Gasteiger partial charge in [-0.25, -0.2) is 8.42 Å². The third kappa shape index (κ3) is 6.92. The summed E-state index contributed by atoms with van der Waals surface area (Å²) in [6.07, 6.45) is -0.114. The quantitative estimate of drug-likeness (QED) is 0.420. The number of carbonyl (C=O) groups excluding carboxylic acids is 2. The Morgan fingerprint density at radius 2 is 1.71 bits per heavy atom. The van der Waals surface area contributed by atoms with Gasteiger partial charge in [0.1, 0.15) is 4.21 Å². The van der Waals surface area contributed by atoms with Crippen LogP contribution in [0.25, 0.3) is 0 Å². The summed E-state index contributed by atoms with van der Waals surface area (Å²) >= 11 is 2.54. The van der Waals surface area contributed by atoms with E-state index in [1.54, 1.807) is 12.1 Å². The van der Waals surface area contributed by atoms with Crippen molar-refractivity contribution in [3.63, 3.8) is 0 Å². The fourth-order valence-electron chi connectivity index (χ4n) is 3.31. The third-order valence-electron chi connectivity index (χ3n) is 5.02. The fraction of sp³-hybridized carbons (Fsp3) is 0.250. The van der Waals surface area contributed by atoms with Crippen LogP contribution in [0.1, 0.15) is 4.88 Å². The van der Waals surface area contributed by atoms with E-state index in [0.717, 1.165) is 21.1 Å². The van der Waals surface area contributed by atoms with Crippen molar-refractivity contribution < 1.29 is 27.5 Å². The average molecular weight is 533 g/mol. The van der Waals surface area contributed by atoms with E-state index in [0.29, 0.717) is 36.9 Å². The van der Waals surface area contributed by atoms with Crippen LogP contribution in [-0.4, -0.2) is 57.5 Å². The van der Waals surface area contributed by atoms with Crippen LogP contribution in [0.3, 0.4) is 0 Å². The monoisotopic (exact) mass is 532 g/mol. The molecule has 0 bridgehead atoms. The van der Waals surface area contributed by atoms with Crippen molar-refractivity contribution in [2.75, 3.05) is 38.2 Å². The number of morpholine rings is 1. The average Bonchev–Trinajstić information content (AvgIpc) is 3.34. The van der Waals surface area contributed by atoms with Gasteiger partial charge in [0.2, 0.25) is 0 Å². The third-order valence-corrected chi connectivity index (χ3v) is 9.55. The number of para-hydroxylation sites is 1. The van der Waals surface area contributed by atoms with Crippen LogP contribution in [-0.2, 0) is 35.5 Å². The van der Waals surface area contributed by atoms with Crippen molar-refractivity contribution in [3.8, 4) is 0 Å². The maximum Gasteiger partial charge on any atom is 0.311 e. The summed E-state index contributed by atoms with van der Waals surface area (Å²) in [4.78, 5) is 27.1. The lowest BCUT2D eigenvalue weighted by Crippen LogP contribution is -2.40. The van der Waals surface area contributed by atoms with Crippen LogP contribution >= 0.6 is 23.1 Å². The molecule has 8 nitrogen and oxygen atoms in total. The molecule has 1 aliphatic heterocycles. The topological polar surface area (TPSA) is 102 Å². The highest BCUT2D eigenvalue weighted by atomic mass is 32.2. The van der Waals surface area contributed by atoms with E-state index in [2.05, 4.69) is 5.32 Å². The van der Waals surface area contributed by atoms with Crippen molar-refractivity contribution in [3.05, 3.63) is 71.6 Å². The van der Waals surface area contributed by atoms with Gasteiger partial charge in [-0.05, 0) is 36.4 Å². The SMILES string of the molecule is O=C(COC(=O)Cc1ccc(S(=O)(=O)N2CCOCC2)s1)Nc1ccccc1Sc1ccccc1. The highest BCUT2D eigenvalue weighted by Gasteiger charge is 2.28. The van der Waals surface area contributed by atoms with Crippen molar-refractivity contribution in [1.29, 1.82) is 0 Å². The summed E-state index contributed by atoms with van der Waals surface area (Å²) in [7, 11) is -3.61. The lowest BCUT2D eigenvalue weighted by Gasteiger charge is -2.25. The van der Waals surface area contributed by atoms with Crippen molar-refractivity contribution in [1.82, 2.24) is 4.31 Å². The molecular weight excluding hydrogens is 508 g/mol. The first-order valence-electron chi connectivity index (χ1n) is 10.9. The van der Waals surface area contributed by atoms with E-state index in [1.165, 1.54) is 22.1 Å². The van der Waals surface area contributed by atoms with Crippen molar-refractivity contribution >= 4 is 50.7 Å². The molecule has 1 aliphatic rings. The van der Waals surface area contributed by atoms with E-state index < -0.39 is 28.5 Å². The van der Waals surface area contributed by atoms with Crippen LogP contribution in [0.15, 0.2) is 80.7 Å². The maximum absolute atomic E-state index is 12.7. The van der Waals surface area contributed by atoms with Crippen LogP contribution in [0.4, 0.5) is 5.69 Å². The molecule has 0 aliphatic carbocycles. The van der Waals surface area contributed by atoms with Gasteiger partial charge < -0.3 is 14.8 Å². The minimum atomic E-state index is -3.61. The lowest BCUT2D eigenvalue weighted by molar-refractivity contribution is -0.146. The number of sulfonamides is 1. The number of anilines is 1. The number of nitrogens with zero attached hydrogens (tertiary/aromatic N) is 1. The predicted octanol–water partition coefficient (Wildman–Crippen LogP) is 3.64. The summed E-state index contributed by atoms with van der Waals surface area (Å²) in [6.45, 7) is 0.898. The Labute approximate surface area is 212 Å².